The fourth-order valence-corrected chi connectivity index (χ4v) is 4.61. The average Bonchev–Trinajstić information content (AvgIpc) is 3.18. The molecule has 1 saturated carbocycles. The highest BCUT2D eigenvalue weighted by molar-refractivity contribution is 5.74. The van der Waals surface area contributed by atoms with Crippen LogP contribution in [0.25, 0.3) is 0 Å². The van der Waals surface area contributed by atoms with Gasteiger partial charge in [-0.1, -0.05) is 19.8 Å². The summed E-state index contributed by atoms with van der Waals surface area (Å²) in [7, 11) is 0. The zero-order chi connectivity index (χ0) is 17.5. The second-order valence-corrected chi connectivity index (χ2v) is 8.42. The maximum Gasteiger partial charge on any atom is 0.317 e. The SMILES string of the molecule is CC1CCN(CCCCNC(=O)N2CCN(C3CCCC3)CC2)CC1. The van der Waals surface area contributed by atoms with Gasteiger partial charge in [0.15, 0.2) is 0 Å². The lowest BCUT2D eigenvalue weighted by molar-refractivity contribution is 0.109. The Morgan fingerprint density at radius 1 is 0.920 bits per heavy atom. The van der Waals surface area contributed by atoms with E-state index in [0.29, 0.717) is 0 Å². The molecular weight excluding hydrogens is 312 g/mol. The van der Waals surface area contributed by atoms with Gasteiger partial charge in [-0.3, -0.25) is 4.90 Å². The molecule has 0 bridgehead atoms. The van der Waals surface area contributed by atoms with Crippen LogP contribution in [0.2, 0.25) is 0 Å². The van der Waals surface area contributed by atoms with Crippen molar-refractivity contribution in [1.29, 1.82) is 0 Å². The number of rotatable bonds is 6. The highest BCUT2D eigenvalue weighted by Gasteiger charge is 2.27. The van der Waals surface area contributed by atoms with Crippen molar-refractivity contribution < 1.29 is 4.79 Å². The van der Waals surface area contributed by atoms with E-state index in [0.717, 1.165) is 51.1 Å². The quantitative estimate of drug-likeness (QED) is 0.749. The van der Waals surface area contributed by atoms with Gasteiger partial charge in [0.2, 0.25) is 0 Å². The third-order valence-corrected chi connectivity index (χ3v) is 6.50. The number of nitrogens with one attached hydrogen (secondary N) is 1. The third-order valence-electron chi connectivity index (χ3n) is 6.50. The van der Waals surface area contributed by atoms with E-state index in [1.165, 1.54) is 64.6 Å². The third kappa shape index (κ3) is 5.85. The van der Waals surface area contributed by atoms with Gasteiger partial charge in [-0.2, -0.15) is 0 Å². The van der Waals surface area contributed by atoms with Gasteiger partial charge >= 0.3 is 6.03 Å². The minimum absolute atomic E-state index is 0.151. The number of hydrogen-bond acceptors (Lipinski definition) is 3. The van der Waals surface area contributed by atoms with Crippen LogP contribution >= 0.6 is 0 Å². The molecule has 0 atom stereocenters. The predicted molar refractivity (Wildman–Crippen MR) is 103 cm³/mol. The summed E-state index contributed by atoms with van der Waals surface area (Å²) in [6.45, 7) is 10.8. The fraction of sp³-hybridized carbons (Fsp3) is 0.950. The summed E-state index contributed by atoms with van der Waals surface area (Å²) in [4.78, 5) is 19.5. The average molecular weight is 351 g/mol. The van der Waals surface area contributed by atoms with Gasteiger partial charge in [0.05, 0.1) is 0 Å². The standard InChI is InChI=1S/C20H38N4O/c1-18-8-12-22(13-9-18)11-5-4-10-21-20(25)24-16-14-23(15-17-24)19-6-2-3-7-19/h18-19H,2-17H2,1H3,(H,21,25). The van der Waals surface area contributed by atoms with Gasteiger partial charge in [-0.15, -0.1) is 0 Å². The lowest BCUT2D eigenvalue weighted by atomic mass is 9.99. The Morgan fingerprint density at radius 2 is 1.60 bits per heavy atom. The molecule has 144 valence electrons. The number of urea groups is 1. The molecule has 0 aromatic rings. The van der Waals surface area contributed by atoms with E-state index in [1.54, 1.807) is 0 Å². The molecule has 5 heteroatoms. The van der Waals surface area contributed by atoms with E-state index in [1.807, 2.05) is 4.90 Å². The molecule has 3 rings (SSSR count). The maximum absolute atomic E-state index is 12.3. The second kappa shape index (κ2) is 9.77. The van der Waals surface area contributed by atoms with Crippen LogP contribution in [0, 0.1) is 5.92 Å². The van der Waals surface area contributed by atoms with Gasteiger partial charge < -0.3 is 15.1 Å². The highest BCUT2D eigenvalue weighted by atomic mass is 16.2. The van der Waals surface area contributed by atoms with Crippen LogP contribution in [-0.4, -0.2) is 79.1 Å². The molecule has 25 heavy (non-hydrogen) atoms. The molecule has 3 fully saturated rings. The van der Waals surface area contributed by atoms with Gasteiger partial charge in [-0.05, 0) is 64.1 Å². The Balaban J connectivity index is 1.22. The van der Waals surface area contributed by atoms with Crippen molar-refractivity contribution in [3.63, 3.8) is 0 Å². The Labute approximate surface area is 154 Å². The van der Waals surface area contributed by atoms with Gasteiger partial charge in [0.25, 0.3) is 0 Å². The first kappa shape index (κ1) is 19.0. The van der Waals surface area contributed by atoms with Crippen LogP contribution in [0.3, 0.4) is 0 Å². The van der Waals surface area contributed by atoms with Crippen molar-refractivity contribution in [3.8, 4) is 0 Å². The summed E-state index contributed by atoms with van der Waals surface area (Å²) < 4.78 is 0. The zero-order valence-corrected chi connectivity index (χ0v) is 16.2. The minimum atomic E-state index is 0.151. The van der Waals surface area contributed by atoms with Crippen LogP contribution in [-0.2, 0) is 0 Å². The van der Waals surface area contributed by atoms with E-state index < -0.39 is 0 Å². The first-order valence-corrected chi connectivity index (χ1v) is 10.7. The first-order valence-electron chi connectivity index (χ1n) is 10.7. The molecule has 0 aromatic carbocycles. The number of piperazine rings is 1. The molecule has 2 saturated heterocycles. The molecule has 1 N–H and O–H groups in total. The lowest BCUT2D eigenvalue weighted by Gasteiger charge is -2.38. The van der Waals surface area contributed by atoms with E-state index in [-0.39, 0.29) is 6.03 Å². The number of amides is 2. The number of nitrogens with zero attached hydrogens (tertiary/aromatic N) is 3. The summed E-state index contributed by atoms with van der Waals surface area (Å²) in [5.74, 6) is 0.907. The van der Waals surface area contributed by atoms with Crippen LogP contribution in [0.4, 0.5) is 4.79 Å². The van der Waals surface area contributed by atoms with E-state index in [2.05, 4.69) is 22.0 Å². The van der Waals surface area contributed by atoms with Crippen molar-refractivity contribution in [2.75, 3.05) is 52.4 Å². The zero-order valence-electron chi connectivity index (χ0n) is 16.2. The van der Waals surface area contributed by atoms with Crippen molar-refractivity contribution in [2.45, 2.75) is 64.3 Å². The van der Waals surface area contributed by atoms with Crippen molar-refractivity contribution in [3.05, 3.63) is 0 Å². The number of unbranched alkanes of at least 4 members (excludes halogenated alkanes) is 1. The Bertz CT molecular complexity index is 395. The van der Waals surface area contributed by atoms with Gasteiger partial charge in [-0.25, -0.2) is 4.79 Å². The summed E-state index contributed by atoms with van der Waals surface area (Å²) in [5, 5.41) is 3.13. The highest BCUT2D eigenvalue weighted by Crippen LogP contribution is 2.24. The van der Waals surface area contributed by atoms with Crippen LogP contribution < -0.4 is 5.32 Å². The van der Waals surface area contributed by atoms with E-state index >= 15 is 0 Å². The molecule has 5 nitrogen and oxygen atoms in total. The van der Waals surface area contributed by atoms with Crippen molar-refractivity contribution >= 4 is 6.03 Å². The molecule has 2 heterocycles. The topological polar surface area (TPSA) is 38.8 Å². The maximum atomic E-state index is 12.3. The molecule has 0 unspecified atom stereocenters. The molecular formula is C20H38N4O. The number of carbonyl (C=O) groups is 1. The summed E-state index contributed by atoms with van der Waals surface area (Å²) in [6.07, 6.45) is 10.5. The number of piperidine rings is 1. The Hall–Kier alpha value is -0.810. The van der Waals surface area contributed by atoms with Crippen LogP contribution in [0.15, 0.2) is 0 Å². The summed E-state index contributed by atoms with van der Waals surface area (Å²) >= 11 is 0. The van der Waals surface area contributed by atoms with Gasteiger partial charge in [0, 0.05) is 38.8 Å². The first-order chi connectivity index (χ1) is 12.2. The Morgan fingerprint density at radius 3 is 2.28 bits per heavy atom. The fourth-order valence-electron chi connectivity index (χ4n) is 4.61. The summed E-state index contributed by atoms with van der Waals surface area (Å²) in [6, 6.07) is 0.945. The van der Waals surface area contributed by atoms with Gasteiger partial charge in [0.1, 0.15) is 0 Å². The summed E-state index contributed by atoms with van der Waals surface area (Å²) in [5.41, 5.74) is 0. The molecule has 0 aromatic heterocycles. The molecule has 1 aliphatic carbocycles. The van der Waals surface area contributed by atoms with E-state index in [9.17, 15) is 4.79 Å². The second-order valence-electron chi connectivity index (χ2n) is 8.42. The molecule has 2 amide bonds. The molecule has 2 aliphatic heterocycles. The van der Waals surface area contributed by atoms with Crippen molar-refractivity contribution in [1.82, 2.24) is 20.0 Å². The van der Waals surface area contributed by atoms with E-state index in [4.69, 9.17) is 0 Å². The normalized spacial score (nSPS) is 24.8. The molecule has 3 aliphatic rings. The predicted octanol–water partition coefficient (Wildman–Crippen LogP) is 2.77. The Kier molecular flexibility index (Phi) is 7.41. The number of carbonyl (C=O) groups excluding carboxylic acids is 1. The number of likely N-dealkylation sites (tertiary alicyclic amines) is 1. The van der Waals surface area contributed by atoms with Crippen molar-refractivity contribution in [2.24, 2.45) is 5.92 Å². The van der Waals surface area contributed by atoms with Crippen LogP contribution in [0.1, 0.15) is 58.3 Å². The minimum Gasteiger partial charge on any atom is -0.338 e. The smallest absolute Gasteiger partial charge is 0.317 e. The monoisotopic (exact) mass is 350 g/mol. The molecule has 0 radical (unpaired) electrons. The molecule has 0 spiro atoms. The van der Waals surface area contributed by atoms with Crippen LogP contribution in [0.5, 0.6) is 0 Å². The number of hydrogen-bond donors (Lipinski definition) is 1. The largest absolute Gasteiger partial charge is 0.338 e. The lowest BCUT2D eigenvalue weighted by Crippen LogP contribution is -2.53.